The molecule has 84 valence electrons. The van der Waals surface area contributed by atoms with Crippen molar-refractivity contribution in [3.63, 3.8) is 0 Å². The van der Waals surface area contributed by atoms with Gasteiger partial charge in [-0.05, 0) is 38.1 Å². The summed E-state index contributed by atoms with van der Waals surface area (Å²) in [4.78, 5) is 4.20. The number of aromatic hydroxyl groups is 1. The molecule has 0 spiro atoms. The molecule has 0 unspecified atom stereocenters. The van der Waals surface area contributed by atoms with Crippen LogP contribution in [0.25, 0.3) is 11.4 Å². The molecule has 0 amide bonds. The first-order chi connectivity index (χ1) is 7.47. The second-order valence-corrected chi connectivity index (χ2v) is 4.19. The van der Waals surface area contributed by atoms with E-state index in [0.29, 0.717) is 11.7 Å². The Balaban J connectivity index is 2.35. The molecule has 1 aromatic heterocycles. The van der Waals surface area contributed by atoms with Crippen LogP contribution in [-0.2, 0) is 5.54 Å². The molecule has 1 heterocycles. The Morgan fingerprint density at radius 2 is 1.88 bits per heavy atom. The molecule has 0 bridgehead atoms. The third-order valence-electron chi connectivity index (χ3n) is 2.10. The first-order valence-electron chi connectivity index (χ1n) is 4.89. The molecule has 2 rings (SSSR count). The Morgan fingerprint density at radius 1 is 1.25 bits per heavy atom. The van der Waals surface area contributed by atoms with Crippen molar-refractivity contribution in [1.82, 2.24) is 10.1 Å². The Labute approximate surface area is 92.9 Å². The molecule has 5 nitrogen and oxygen atoms in total. The number of phenols is 1. The molecule has 0 atom stereocenters. The van der Waals surface area contributed by atoms with Crippen LogP contribution in [0.15, 0.2) is 28.8 Å². The molecule has 0 aliphatic carbocycles. The van der Waals surface area contributed by atoms with Gasteiger partial charge in [0.15, 0.2) is 0 Å². The van der Waals surface area contributed by atoms with Crippen molar-refractivity contribution in [3.05, 3.63) is 30.2 Å². The maximum Gasteiger partial charge on any atom is 0.246 e. The van der Waals surface area contributed by atoms with Gasteiger partial charge in [-0.15, -0.1) is 0 Å². The number of nitrogens with zero attached hydrogens (tertiary/aromatic N) is 2. The Bertz CT molecular complexity index is 483. The van der Waals surface area contributed by atoms with Crippen molar-refractivity contribution >= 4 is 0 Å². The molecule has 1 aromatic carbocycles. The van der Waals surface area contributed by atoms with Gasteiger partial charge in [-0.25, -0.2) is 0 Å². The van der Waals surface area contributed by atoms with Crippen LogP contribution in [-0.4, -0.2) is 15.2 Å². The third kappa shape index (κ3) is 2.04. The molecule has 3 N–H and O–H groups in total. The lowest BCUT2D eigenvalue weighted by molar-refractivity contribution is 0.312. The molecular weight excluding hydrogens is 206 g/mol. The van der Waals surface area contributed by atoms with Crippen LogP contribution in [0.5, 0.6) is 5.75 Å². The molecule has 16 heavy (non-hydrogen) atoms. The first kappa shape index (κ1) is 10.6. The van der Waals surface area contributed by atoms with Crippen molar-refractivity contribution < 1.29 is 9.63 Å². The van der Waals surface area contributed by atoms with E-state index in [2.05, 4.69) is 10.1 Å². The van der Waals surface area contributed by atoms with Crippen LogP contribution in [0.1, 0.15) is 19.7 Å². The lowest BCUT2D eigenvalue weighted by Gasteiger charge is -2.10. The number of hydrogen-bond donors (Lipinski definition) is 2. The maximum absolute atomic E-state index is 9.15. The Kier molecular flexibility index (Phi) is 2.40. The van der Waals surface area contributed by atoms with Crippen LogP contribution < -0.4 is 5.73 Å². The number of aromatic nitrogens is 2. The lowest BCUT2D eigenvalue weighted by atomic mass is 10.1. The smallest absolute Gasteiger partial charge is 0.246 e. The predicted octanol–water partition coefficient (Wildman–Crippen LogP) is 1.64. The average molecular weight is 219 g/mol. The van der Waals surface area contributed by atoms with Crippen molar-refractivity contribution in [2.45, 2.75) is 19.4 Å². The summed E-state index contributed by atoms with van der Waals surface area (Å²) >= 11 is 0. The van der Waals surface area contributed by atoms with Crippen molar-refractivity contribution in [1.29, 1.82) is 0 Å². The SMILES string of the molecule is CC(C)(N)c1nc(-c2ccc(O)cc2)no1. The average Bonchev–Trinajstić information content (AvgIpc) is 2.67. The normalized spacial score (nSPS) is 11.7. The lowest BCUT2D eigenvalue weighted by Crippen LogP contribution is -2.28. The molecule has 0 saturated heterocycles. The van der Waals surface area contributed by atoms with Gasteiger partial charge < -0.3 is 15.4 Å². The van der Waals surface area contributed by atoms with Crippen LogP contribution in [0, 0.1) is 0 Å². The maximum atomic E-state index is 9.15. The van der Waals surface area contributed by atoms with Gasteiger partial charge in [-0.3, -0.25) is 0 Å². The van der Waals surface area contributed by atoms with Crippen molar-refractivity contribution in [3.8, 4) is 17.1 Å². The van der Waals surface area contributed by atoms with E-state index in [1.807, 2.05) is 0 Å². The van der Waals surface area contributed by atoms with E-state index in [9.17, 15) is 0 Å². The minimum absolute atomic E-state index is 0.201. The number of nitrogens with two attached hydrogens (primary N) is 1. The minimum Gasteiger partial charge on any atom is -0.508 e. The Morgan fingerprint density at radius 3 is 2.38 bits per heavy atom. The van der Waals surface area contributed by atoms with Gasteiger partial charge in [-0.1, -0.05) is 5.16 Å². The highest BCUT2D eigenvalue weighted by atomic mass is 16.5. The van der Waals surface area contributed by atoms with Crippen molar-refractivity contribution in [2.24, 2.45) is 5.73 Å². The molecule has 0 fully saturated rings. The highest BCUT2D eigenvalue weighted by Gasteiger charge is 2.22. The van der Waals surface area contributed by atoms with Crippen LogP contribution in [0.3, 0.4) is 0 Å². The van der Waals surface area contributed by atoms with Crippen molar-refractivity contribution in [2.75, 3.05) is 0 Å². The van der Waals surface area contributed by atoms with Gasteiger partial charge in [0.1, 0.15) is 5.75 Å². The van der Waals surface area contributed by atoms with E-state index in [1.54, 1.807) is 38.1 Å². The van der Waals surface area contributed by atoms with E-state index >= 15 is 0 Å². The molecule has 0 saturated carbocycles. The topological polar surface area (TPSA) is 85.2 Å². The van der Waals surface area contributed by atoms with E-state index < -0.39 is 5.54 Å². The highest BCUT2D eigenvalue weighted by Crippen LogP contribution is 2.22. The summed E-state index contributed by atoms with van der Waals surface area (Å²) in [6.07, 6.45) is 0. The summed E-state index contributed by atoms with van der Waals surface area (Å²) in [7, 11) is 0. The van der Waals surface area contributed by atoms with E-state index in [1.165, 1.54) is 0 Å². The zero-order valence-electron chi connectivity index (χ0n) is 9.14. The summed E-state index contributed by atoms with van der Waals surface area (Å²) in [5.41, 5.74) is 5.96. The zero-order chi connectivity index (χ0) is 11.8. The summed E-state index contributed by atoms with van der Waals surface area (Å²) in [6, 6.07) is 6.57. The number of hydrogen-bond acceptors (Lipinski definition) is 5. The van der Waals surface area contributed by atoms with Gasteiger partial charge in [0.05, 0.1) is 5.54 Å². The predicted molar refractivity (Wildman–Crippen MR) is 58.6 cm³/mol. The summed E-state index contributed by atoms with van der Waals surface area (Å²) in [5, 5.41) is 13.0. The number of benzene rings is 1. The van der Waals surface area contributed by atoms with Crippen LogP contribution >= 0.6 is 0 Å². The molecular formula is C11H13N3O2. The fourth-order valence-electron chi connectivity index (χ4n) is 1.21. The van der Waals surface area contributed by atoms with E-state index in [-0.39, 0.29) is 5.75 Å². The zero-order valence-corrected chi connectivity index (χ0v) is 9.14. The number of phenolic OH excluding ortho intramolecular Hbond substituents is 1. The number of rotatable bonds is 2. The largest absolute Gasteiger partial charge is 0.508 e. The minimum atomic E-state index is -0.651. The quantitative estimate of drug-likeness (QED) is 0.801. The standard InChI is InChI=1S/C11H13N3O2/c1-11(2,12)10-13-9(14-16-10)7-3-5-8(15)6-4-7/h3-6,15H,12H2,1-2H3. The van der Waals surface area contributed by atoms with Gasteiger partial charge in [-0.2, -0.15) is 4.98 Å². The third-order valence-corrected chi connectivity index (χ3v) is 2.10. The summed E-state index contributed by atoms with van der Waals surface area (Å²) in [6.45, 7) is 3.59. The monoisotopic (exact) mass is 219 g/mol. The first-order valence-corrected chi connectivity index (χ1v) is 4.89. The van der Waals surface area contributed by atoms with E-state index in [4.69, 9.17) is 15.4 Å². The molecule has 0 radical (unpaired) electrons. The Hall–Kier alpha value is -1.88. The van der Waals surface area contributed by atoms with Gasteiger partial charge in [0.25, 0.3) is 0 Å². The molecule has 2 aromatic rings. The van der Waals surface area contributed by atoms with Gasteiger partial charge in [0.2, 0.25) is 11.7 Å². The molecule has 5 heteroatoms. The molecule has 0 aliphatic heterocycles. The second kappa shape index (κ2) is 3.61. The summed E-state index contributed by atoms with van der Waals surface area (Å²) < 4.78 is 5.07. The summed E-state index contributed by atoms with van der Waals surface area (Å²) in [5.74, 6) is 1.05. The van der Waals surface area contributed by atoms with Crippen LogP contribution in [0.4, 0.5) is 0 Å². The fraction of sp³-hybridized carbons (Fsp3) is 0.273. The molecule has 0 aliphatic rings. The van der Waals surface area contributed by atoms with E-state index in [0.717, 1.165) is 5.56 Å². The highest BCUT2D eigenvalue weighted by molar-refractivity contribution is 5.55. The second-order valence-electron chi connectivity index (χ2n) is 4.19. The van der Waals surface area contributed by atoms with Gasteiger partial charge >= 0.3 is 0 Å². The van der Waals surface area contributed by atoms with Gasteiger partial charge in [0, 0.05) is 5.56 Å². The van der Waals surface area contributed by atoms with Crippen LogP contribution in [0.2, 0.25) is 0 Å². The fourth-order valence-corrected chi connectivity index (χ4v) is 1.21.